The van der Waals surface area contributed by atoms with E-state index in [1.54, 1.807) is 54.8 Å². The van der Waals surface area contributed by atoms with Crippen LogP contribution in [0.1, 0.15) is 45.6 Å². The summed E-state index contributed by atoms with van der Waals surface area (Å²) in [5, 5.41) is 26.0. The molecule has 2 N–H and O–H groups in total. The topological polar surface area (TPSA) is 153 Å². The summed E-state index contributed by atoms with van der Waals surface area (Å²) in [6, 6.07) is 11.7. The number of benzene rings is 1. The van der Waals surface area contributed by atoms with Crippen molar-refractivity contribution in [3.63, 3.8) is 0 Å². The molecule has 4 heterocycles. The highest BCUT2D eigenvalue weighted by Gasteiger charge is 2.43. The Morgan fingerprint density at radius 1 is 1.31 bits per heavy atom. The molecule has 1 aliphatic rings. The van der Waals surface area contributed by atoms with E-state index >= 15 is 0 Å². The Morgan fingerprint density at radius 2 is 2.10 bits per heavy atom. The van der Waals surface area contributed by atoms with Gasteiger partial charge in [0.1, 0.15) is 11.0 Å². The highest BCUT2D eigenvalue weighted by Crippen LogP contribution is 2.37. The smallest absolute Gasteiger partial charge is 0.335 e. The summed E-state index contributed by atoms with van der Waals surface area (Å²) in [7, 11) is 0. The number of esters is 1. The first-order valence-electron chi connectivity index (χ1n) is 12.7. The minimum atomic E-state index is -0.860. The van der Waals surface area contributed by atoms with Crippen molar-refractivity contribution < 1.29 is 14.3 Å². The van der Waals surface area contributed by atoms with Gasteiger partial charge >= 0.3 is 5.97 Å². The number of hydrogen-bond acceptors (Lipinski definition) is 9. The van der Waals surface area contributed by atoms with Gasteiger partial charge in [0.15, 0.2) is 11.9 Å². The maximum atomic E-state index is 12.9. The van der Waals surface area contributed by atoms with Crippen LogP contribution in [0.5, 0.6) is 0 Å². The van der Waals surface area contributed by atoms with Crippen LogP contribution in [0, 0.1) is 11.3 Å². The molecular formula is C27H30N8O4. The standard InChI is InChI=1S/C27H30N8O4/c1-26(2,3)39-25(37)21-8-10-27(11-12-28,17-38-21)35-20-9-13-29-24(36)22(20)23(32-35)31-19-6-4-18(5-7-19)16-34-15-14-30-33-34/h4-7,9,13-15,21H,8,10-11,16-17H2,1-3H3,(H,29,36)(H,31,32). The van der Waals surface area contributed by atoms with Crippen molar-refractivity contribution in [3.8, 4) is 6.07 Å². The van der Waals surface area contributed by atoms with Crippen LogP contribution < -0.4 is 10.9 Å². The Kier molecular flexibility index (Phi) is 6.93. The molecule has 0 spiro atoms. The molecule has 1 fully saturated rings. The zero-order valence-electron chi connectivity index (χ0n) is 22.0. The molecule has 0 aliphatic carbocycles. The zero-order valence-corrected chi connectivity index (χ0v) is 22.0. The second-order valence-electron chi connectivity index (χ2n) is 10.7. The number of aromatic nitrogens is 6. The third-order valence-corrected chi connectivity index (χ3v) is 6.59. The van der Waals surface area contributed by atoms with Gasteiger partial charge < -0.3 is 19.8 Å². The SMILES string of the molecule is CC(C)(C)OC(=O)C1CCC(CC#N)(n2nc(Nc3ccc(Cn4ccnn4)cc3)c3c(=O)[nH]ccc32)CO1. The third-order valence-electron chi connectivity index (χ3n) is 6.59. The fourth-order valence-corrected chi connectivity index (χ4v) is 4.75. The summed E-state index contributed by atoms with van der Waals surface area (Å²) in [4.78, 5) is 28.2. The van der Waals surface area contributed by atoms with Crippen LogP contribution in [-0.4, -0.2) is 54.0 Å². The van der Waals surface area contributed by atoms with Crippen molar-refractivity contribution >= 4 is 28.4 Å². The number of nitriles is 1. The normalized spacial score (nSPS) is 19.5. The first-order valence-corrected chi connectivity index (χ1v) is 12.7. The summed E-state index contributed by atoms with van der Waals surface area (Å²) < 4.78 is 14.9. The minimum Gasteiger partial charge on any atom is -0.458 e. The Labute approximate surface area is 224 Å². The summed E-state index contributed by atoms with van der Waals surface area (Å²) in [6.07, 6.45) is 5.14. The van der Waals surface area contributed by atoms with E-state index in [1.807, 2.05) is 24.3 Å². The van der Waals surface area contributed by atoms with Gasteiger partial charge in [-0.2, -0.15) is 10.4 Å². The summed E-state index contributed by atoms with van der Waals surface area (Å²) in [5.41, 5.74) is 0.548. The average Bonchev–Trinajstić information content (AvgIpc) is 3.54. The van der Waals surface area contributed by atoms with Crippen LogP contribution in [0.25, 0.3) is 10.9 Å². The number of nitrogens with zero attached hydrogens (tertiary/aromatic N) is 6. The Bertz CT molecular complexity index is 1550. The van der Waals surface area contributed by atoms with Crippen LogP contribution in [0.3, 0.4) is 0 Å². The van der Waals surface area contributed by atoms with E-state index in [4.69, 9.17) is 14.6 Å². The minimum absolute atomic E-state index is 0.0739. The van der Waals surface area contributed by atoms with Gasteiger partial charge in [-0.15, -0.1) is 5.10 Å². The van der Waals surface area contributed by atoms with Gasteiger partial charge in [0, 0.05) is 18.1 Å². The van der Waals surface area contributed by atoms with Crippen molar-refractivity contribution in [2.45, 2.75) is 63.8 Å². The fraction of sp³-hybridized carbons (Fsp3) is 0.407. The van der Waals surface area contributed by atoms with Gasteiger partial charge in [0.2, 0.25) is 0 Å². The van der Waals surface area contributed by atoms with Gasteiger partial charge in [-0.1, -0.05) is 17.3 Å². The molecule has 12 heteroatoms. The number of carbonyl (C=O) groups excluding carboxylic acids is 1. The maximum Gasteiger partial charge on any atom is 0.335 e. The summed E-state index contributed by atoms with van der Waals surface area (Å²) in [5.74, 6) is -0.0631. The molecule has 0 amide bonds. The number of rotatable bonds is 7. The lowest BCUT2D eigenvalue weighted by atomic mass is 9.87. The third kappa shape index (κ3) is 5.53. The summed E-state index contributed by atoms with van der Waals surface area (Å²) in [6.45, 7) is 6.07. The van der Waals surface area contributed by atoms with E-state index in [2.05, 4.69) is 26.7 Å². The molecule has 1 aromatic carbocycles. The van der Waals surface area contributed by atoms with E-state index in [9.17, 15) is 14.9 Å². The Morgan fingerprint density at radius 3 is 2.74 bits per heavy atom. The van der Waals surface area contributed by atoms with E-state index in [0.717, 1.165) is 11.3 Å². The highest BCUT2D eigenvalue weighted by molar-refractivity contribution is 5.91. The molecule has 0 bridgehead atoms. The van der Waals surface area contributed by atoms with Crippen molar-refractivity contribution in [1.29, 1.82) is 5.26 Å². The van der Waals surface area contributed by atoms with Gasteiger partial charge in [0.05, 0.1) is 42.9 Å². The quantitative estimate of drug-likeness (QED) is 0.343. The molecule has 2 atom stereocenters. The molecule has 0 saturated carbocycles. The lowest BCUT2D eigenvalue weighted by Crippen LogP contribution is -2.47. The second-order valence-corrected chi connectivity index (χ2v) is 10.7. The monoisotopic (exact) mass is 530 g/mol. The molecule has 1 saturated heterocycles. The second kappa shape index (κ2) is 10.3. The molecule has 2 unspecified atom stereocenters. The first-order chi connectivity index (χ1) is 18.7. The van der Waals surface area contributed by atoms with Crippen molar-refractivity contribution in [1.82, 2.24) is 29.8 Å². The number of carbonyl (C=O) groups is 1. The van der Waals surface area contributed by atoms with E-state index < -0.39 is 23.2 Å². The molecule has 12 nitrogen and oxygen atoms in total. The van der Waals surface area contributed by atoms with Crippen LogP contribution in [0.4, 0.5) is 11.5 Å². The molecule has 3 aromatic heterocycles. The fourth-order valence-electron chi connectivity index (χ4n) is 4.75. The maximum absolute atomic E-state index is 12.9. The van der Waals surface area contributed by atoms with Crippen LogP contribution in [0.15, 0.2) is 53.7 Å². The molecule has 4 aromatic rings. The lowest BCUT2D eigenvalue weighted by molar-refractivity contribution is -0.176. The van der Waals surface area contributed by atoms with Crippen molar-refractivity contribution in [2.75, 3.05) is 11.9 Å². The van der Waals surface area contributed by atoms with E-state index in [-0.39, 0.29) is 18.6 Å². The number of hydrogen-bond donors (Lipinski definition) is 2. The number of anilines is 2. The molecule has 1 aliphatic heterocycles. The molecule has 5 rings (SSSR count). The number of H-pyrrole nitrogens is 1. The van der Waals surface area contributed by atoms with E-state index in [1.165, 1.54) is 0 Å². The Balaban J connectivity index is 1.43. The average molecular weight is 531 g/mol. The molecule has 202 valence electrons. The number of pyridine rings is 1. The summed E-state index contributed by atoms with van der Waals surface area (Å²) >= 11 is 0. The highest BCUT2D eigenvalue weighted by atomic mass is 16.6. The molecule has 39 heavy (non-hydrogen) atoms. The molecular weight excluding hydrogens is 500 g/mol. The number of nitrogens with one attached hydrogen (secondary N) is 2. The van der Waals surface area contributed by atoms with Gasteiger partial charge in [-0.05, 0) is 57.4 Å². The molecule has 0 radical (unpaired) electrons. The predicted octanol–water partition coefficient (Wildman–Crippen LogP) is 3.24. The largest absolute Gasteiger partial charge is 0.458 e. The van der Waals surface area contributed by atoms with Crippen LogP contribution >= 0.6 is 0 Å². The van der Waals surface area contributed by atoms with Gasteiger partial charge in [-0.25, -0.2) is 9.48 Å². The van der Waals surface area contributed by atoms with Crippen molar-refractivity contribution in [3.05, 3.63) is 64.8 Å². The lowest BCUT2D eigenvalue weighted by Gasteiger charge is -2.39. The van der Waals surface area contributed by atoms with E-state index in [0.29, 0.717) is 36.1 Å². The Hall–Kier alpha value is -4.50. The number of ether oxygens (including phenoxy) is 2. The number of fused-ring (bicyclic) bond motifs is 1. The van der Waals surface area contributed by atoms with Crippen LogP contribution in [0.2, 0.25) is 0 Å². The predicted molar refractivity (Wildman–Crippen MR) is 142 cm³/mol. The van der Waals surface area contributed by atoms with Gasteiger partial charge in [0.25, 0.3) is 5.56 Å². The van der Waals surface area contributed by atoms with Gasteiger partial charge in [-0.3, -0.25) is 9.48 Å². The van der Waals surface area contributed by atoms with Crippen molar-refractivity contribution in [2.24, 2.45) is 0 Å². The first kappa shape index (κ1) is 26.1. The van der Waals surface area contributed by atoms with Crippen LogP contribution in [-0.2, 0) is 26.4 Å². The zero-order chi connectivity index (χ0) is 27.6. The number of aromatic amines is 1.